The molecule has 1 aliphatic heterocycles. The van der Waals surface area contributed by atoms with E-state index >= 15 is 0 Å². The molecule has 3 heteroatoms. The van der Waals surface area contributed by atoms with Gasteiger partial charge in [-0.1, -0.05) is 6.92 Å². The zero-order chi connectivity index (χ0) is 9.52. The van der Waals surface area contributed by atoms with E-state index < -0.39 is 0 Å². The Labute approximate surface area is 80.5 Å². The molecule has 1 aliphatic rings. The summed E-state index contributed by atoms with van der Waals surface area (Å²) >= 11 is 0. The molecule has 0 aromatic carbocycles. The molecule has 1 saturated heterocycles. The lowest BCUT2D eigenvalue weighted by Crippen LogP contribution is -2.28. The SMILES string of the molecule is CCC(=O)NCCCN1CCCC1. The number of nitrogens with one attached hydrogen (secondary N) is 1. The largest absolute Gasteiger partial charge is 0.356 e. The third-order valence-corrected chi connectivity index (χ3v) is 2.49. The van der Waals surface area contributed by atoms with Gasteiger partial charge in [-0.25, -0.2) is 0 Å². The van der Waals surface area contributed by atoms with Crippen LogP contribution in [-0.2, 0) is 4.79 Å². The second kappa shape index (κ2) is 5.97. The van der Waals surface area contributed by atoms with Gasteiger partial charge >= 0.3 is 0 Å². The second-order valence-electron chi connectivity index (χ2n) is 3.61. The molecule has 0 aromatic rings. The number of hydrogen-bond donors (Lipinski definition) is 1. The van der Waals surface area contributed by atoms with E-state index in [1.54, 1.807) is 0 Å². The Hall–Kier alpha value is -0.570. The molecule has 1 amide bonds. The van der Waals surface area contributed by atoms with Crippen LogP contribution in [0, 0.1) is 0 Å². The third kappa shape index (κ3) is 4.27. The Balaban J connectivity index is 1.91. The molecule has 1 N–H and O–H groups in total. The van der Waals surface area contributed by atoms with Gasteiger partial charge in [-0.3, -0.25) is 4.79 Å². The molecular weight excluding hydrogens is 164 g/mol. The highest BCUT2D eigenvalue weighted by Crippen LogP contribution is 2.06. The van der Waals surface area contributed by atoms with Crippen LogP contribution in [0.1, 0.15) is 32.6 Å². The van der Waals surface area contributed by atoms with Gasteiger partial charge in [0.15, 0.2) is 0 Å². The van der Waals surface area contributed by atoms with Crippen molar-refractivity contribution in [3.8, 4) is 0 Å². The maximum absolute atomic E-state index is 10.9. The highest BCUT2D eigenvalue weighted by Gasteiger charge is 2.09. The van der Waals surface area contributed by atoms with Crippen LogP contribution in [0.3, 0.4) is 0 Å². The van der Waals surface area contributed by atoms with E-state index in [1.165, 1.54) is 25.9 Å². The van der Waals surface area contributed by atoms with Gasteiger partial charge in [-0.15, -0.1) is 0 Å². The van der Waals surface area contributed by atoms with E-state index in [9.17, 15) is 4.79 Å². The summed E-state index contributed by atoms with van der Waals surface area (Å²) in [7, 11) is 0. The van der Waals surface area contributed by atoms with Crippen LogP contribution in [0.25, 0.3) is 0 Å². The monoisotopic (exact) mass is 184 g/mol. The number of rotatable bonds is 5. The van der Waals surface area contributed by atoms with E-state index in [4.69, 9.17) is 0 Å². The molecule has 0 radical (unpaired) electrons. The molecule has 13 heavy (non-hydrogen) atoms. The number of carbonyl (C=O) groups excluding carboxylic acids is 1. The molecule has 0 saturated carbocycles. The standard InChI is InChI=1S/C10H20N2O/c1-2-10(13)11-6-5-9-12-7-3-4-8-12/h2-9H2,1H3,(H,11,13). The fourth-order valence-electron chi connectivity index (χ4n) is 1.66. The first-order chi connectivity index (χ1) is 6.33. The zero-order valence-corrected chi connectivity index (χ0v) is 8.51. The lowest BCUT2D eigenvalue weighted by Gasteiger charge is -2.13. The molecule has 76 valence electrons. The lowest BCUT2D eigenvalue weighted by atomic mass is 10.3. The molecule has 1 heterocycles. The summed E-state index contributed by atoms with van der Waals surface area (Å²) in [6.07, 6.45) is 4.39. The molecule has 3 nitrogen and oxygen atoms in total. The topological polar surface area (TPSA) is 32.3 Å². The van der Waals surface area contributed by atoms with Crippen LogP contribution >= 0.6 is 0 Å². The number of hydrogen-bond acceptors (Lipinski definition) is 2. The van der Waals surface area contributed by atoms with Crippen LogP contribution in [0.15, 0.2) is 0 Å². The maximum Gasteiger partial charge on any atom is 0.219 e. The number of amides is 1. The van der Waals surface area contributed by atoms with Gasteiger partial charge in [0, 0.05) is 13.0 Å². The molecule has 0 aliphatic carbocycles. The minimum absolute atomic E-state index is 0.168. The predicted molar refractivity (Wildman–Crippen MR) is 53.6 cm³/mol. The summed E-state index contributed by atoms with van der Waals surface area (Å²) in [4.78, 5) is 13.4. The summed E-state index contributed by atoms with van der Waals surface area (Å²) in [6.45, 7) is 6.37. The molecule has 0 bridgehead atoms. The van der Waals surface area contributed by atoms with Crippen LogP contribution in [0.5, 0.6) is 0 Å². The fourth-order valence-corrected chi connectivity index (χ4v) is 1.66. The van der Waals surface area contributed by atoms with Crippen molar-refractivity contribution in [1.82, 2.24) is 10.2 Å². The van der Waals surface area contributed by atoms with Gasteiger partial charge in [0.1, 0.15) is 0 Å². The molecule has 0 unspecified atom stereocenters. The van der Waals surface area contributed by atoms with Crippen LogP contribution in [-0.4, -0.2) is 37.0 Å². The first-order valence-corrected chi connectivity index (χ1v) is 5.32. The molecule has 1 rings (SSSR count). The van der Waals surface area contributed by atoms with Gasteiger partial charge in [0.25, 0.3) is 0 Å². The molecule has 0 aromatic heterocycles. The Morgan fingerprint density at radius 1 is 1.38 bits per heavy atom. The molecule has 0 atom stereocenters. The van der Waals surface area contributed by atoms with Crippen molar-refractivity contribution in [2.75, 3.05) is 26.2 Å². The fraction of sp³-hybridized carbons (Fsp3) is 0.900. The predicted octanol–water partition coefficient (Wildman–Crippen LogP) is 0.998. The highest BCUT2D eigenvalue weighted by molar-refractivity contribution is 5.75. The van der Waals surface area contributed by atoms with Crippen molar-refractivity contribution in [1.29, 1.82) is 0 Å². The average Bonchev–Trinajstić information content (AvgIpc) is 2.64. The molecule has 0 spiro atoms. The number of carbonyl (C=O) groups is 1. The first kappa shape index (κ1) is 10.5. The van der Waals surface area contributed by atoms with Crippen LogP contribution < -0.4 is 5.32 Å². The lowest BCUT2D eigenvalue weighted by molar-refractivity contribution is -0.120. The van der Waals surface area contributed by atoms with E-state index in [0.29, 0.717) is 6.42 Å². The average molecular weight is 184 g/mol. The van der Waals surface area contributed by atoms with E-state index in [0.717, 1.165) is 19.5 Å². The minimum Gasteiger partial charge on any atom is -0.356 e. The minimum atomic E-state index is 0.168. The van der Waals surface area contributed by atoms with Gasteiger partial charge in [-0.2, -0.15) is 0 Å². The first-order valence-electron chi connectivity index (χ1n) is 5.32. The van der Waals surface area contributed by atoms with Crippen molar-refractivity contribution in [2.24, 2.45) is 0 Å². The van der Waals surface area contributed by atoms with Crippen LogP contribution in [0.4, 0.5) is 0 Å². The van der Waals surface area contributed by atoms with Crippen molar-refractivity contribution in [3.05, 3.63) is 0 Å². The summed E-state index contributed by atoms with van der Waals surface area (Å²) in [5.74, 6) is 0.168. The summed E-state index contributed by atoms with van der Waals surface area (Å²) in [5, 5.41) is 2.89. The quantitative estimate of drug-likeness (QED) is 0.646. The van der Waals surface area contributed by atoms with Crippen molar-refractivity contribution >= 4 is 5.91 Å². The van der Waals surface area contributed by atoms with E-state index in [-0.39, 0.29) is 5.91 Å². The van der Waals surface area contributed by atoms with Crippen molar-refractivity contribution in [3.63, 3.8) is 0 Å². The Kier molecular flexibility index (Phi) is 4.83. The summed E-state index contributed by atoms with van der Waals surface area (Å²) < 4.78 is 0. The highest BCUT2D eigenvalue weighted by atomic mass is 16.1. The maximum atomic E-state index is 10.9. The van der Waals surface area contributed by atoms with E-state index in [1.807, 2.05) is 6.92 Å². The summed E-state index contributed by atoms with van der Waals surface area (Å²) in [5.41, 5.74) is 0. The Bertz CT molecular complexity index is 153. The molecular formula is C10H20N2O. The van der Waals surface area contributed by atoms with Gasteiger partial charge in [0.2, 0.25) is 5.91 Å². The Morgan fingerprint density at radius 2 is 2.08 bits per heavy atom. The second-order valence-corrected chi connectivity index (χ2v) is 3.61. The van der Waals surface area contributed by atoms with Crippen LogP contribution in [0.2, 0.25) is 0 Å². The summed E-state index contributed by atoms with van der Waals surface area (Å²) in [6, 6.07) is 0. The van der Waals surface area contributed by atoms with Gasteiger partial charge < -0.3 is 10.2 Å². The van der Waals surface area contributed by atoms with Gasteiger partial charge in [0.05, 0.1) is 0 Å². The number of likely N-dealkylation sites (tertiary alicyclic amines) is 1. The van der Waals surface area contributed by atoms with Crippen molar-refractivity contribution < 1.29 is 4.79 Å². The normalized spacial score (nSPS) is 17.6. The van der Waals surface area contributed by atoms with E-state index in [2.05, 4.69) is 10.2 Å². The van der Waals surface area contributed by atoms with Gasteiger partial charge in [-0.05, 0) is 38.9 Å². The Morgan fingerprint density at radius 3 is 2.69 bits per heavy atom. The zero-order valence-electron chi connectivity index (χ0n) is 8.51. The van der Waals surface area contributed by atoms with Crippen molar-refractivity contribution in [2.45, 2.75) is 32.6 Å². The number of nitrogens with zero attached hydrogens (tertiary/aromatic N) is 1. The molecule has 1 fully saturated rings. The smallest absolute Gasteiger partial charge is 0.219 e. The third-order valence-electron chi connectivity index (χ3n) is 2.49.